The molecule has 0 rings (SSSR count). The molecule has 0 unspecified atom stereocenters. The largest absolute Gasteiger partial charge is 0.481 e. The maximum atomic E-state index is 10.3. The molecule has 19 heavy (non-hydrogen) atoms. The molecule has 0 bridgehead atoms. The Morgan fingerprint density at radius 2 is 0.947 bits per heavy atom. The van der Waals surface area contributed by atoms with E-state index in [1.54, 1.807) is 0 Å². The highest BCUT2D eigenvalue weighted by Crippen LogP contribution is 2.13. The molecule has 0 heterocycles. The zero-order valence-electron chi connectivity index (χ0n) is 12.5. The van der Waals surface area contributed by atoms with Gasteiger partial charge in [0.25, 0.3) is 0 Å². The maximum absolute atomic E-state index is 10.3. The van der Waals surface area contributed by atoms with Gasteiger partial charge >= 0.3 is 5.97 Å². The van der Waals surface area contributed by atoms with Crippen molar-refractivity contribution in [2.75, 3.05) is 0 Å². The summed E-state index contributed by atoms with van der Waals surface area (Å²) < 4.78 is 0. The lowest BCUT2D eigenvalue weighted by Crippen LogP contribution is -1.93. The van der Waals surface area contributed by atoms with Crippen molar-refractivity contribution >= 4 is 16.2 Å². The highest BCUT2D eigenvalue weighted by Gasteiger charge is 1.96. The van der Waals surface area contributed by atoms with Gasteiger partial charge in [-0.3, -0.25) is 4.79 Å². The van der Waals surface area contributed by atoms with E-state index >= 15 is 0 Å². The molecule has 0 aliphatic rings. The normalized spacial score (nSPS) is 10.8. The van der Waals surface area contributed by atoms with Gasteiger partial charge in [0.15, 0.2) is 0 Å². The van der Waals surface area contributed by atoms with Crippen molar-refractivity contribution in [2.45, 2.75) is 95.9 Å². The number of unbranched alkanes of at least 4 members (excludes halogenated alkanes) is 12. The highest BCUT2D eigenvalue weighted by molar-refractivity contribution is 6.08. The summed E-state index contributed by atoms with van der Waals surface area (Å²) in [5.74, 6) is -0.656. The van der Waals surface area contributed by atoms with E-state index in [9.17, 15) is 4.79 Å². The van der Waals surface area contributed by atoms with Crippen molar-refractivity contribution in [3.05, 3.63) is 0 Å². The first kappa shape index (κ1) is 18.7. The van der Waals surface area contributed by atoms with Crippen LogP contribution < -0.4 is 0 Å². The fraction of sp³-hybridized carbons (Fsp3) is 0.938. The van der Waals surface area contributed by atoms with Crippen molar-refractivity contribution < 1.29 is 9.90 Å². The van der Waals surface area contributed by atoms with Crippen LogP contribution in [-0.4, -0.2) is 21.3 Å². The second kappa shape index (κ2) is 15.7. The van der Waals surface area contributed by atoms with E-state index in [0.717, 1.165) is 18.9 Å². The minimum atomic E-state index is -0.656. The summed E-state index contributed by atoms with van der Waals surface area (Å²) in [6.07, 6.45) is 17.1. The SMILES string of the molecule is O=C(O)CCCCCCCCCCCCCCC[Si]. The number of aliphatic carboxylic acids is 1. The van der Waals surface area contributed by atoms with Crippen LogP contribution in [-0.2, 0) is 4.79 Å². The molecule has 0 aliphatic carbocycles. The average molecular weight is 284 g/mol. The van der Waals surface area contributed by atoms with Crippen LogP contribution in [0.15, 0.2) is 0 Å². The maximum Gasteiger partial charge on any atom is 0.303 e. The summed E-state index contributed by atoms with van der Waals surface area (Å²) in [7, 11) is 3.51. The van der Waals surface area contributed by atoms with Crippen molar-refractivity contribution in [3.8, 4) is 0 Å². The Labute approximate surface area is 122 Å². The molecule has 0 aliphatic heterocycles. The fourth-order valence-electron chi connectivity index (χ4n) is 2.35. The van der Waals surface area contributed by atoms with E-state index in [0.29, 0.717) is 6.42 Å². The zero-order chi connectivity index (χ0) is 14.2. The monoisotopic (exact) mass is 283 g/mol. The summed E-state index contributed by atoms with van der Waals surface area (Å²) in [5, 5.41) is 8.50. The third-order valence-corrected chi connectivity index (χ3v) is 3.92. The molecule has 0 saturated carbocycles. The van der Waals surface area contributed by atoms with Gasteiger partial charge < -0.3 is 5.11 Å². The van der Waals surface area contributed by atoms with Crippen LogP contribution in [0, 0.1) is 0 Å². The Morgan fingerprint density at radius 1 is 0.632 bits per heavy atom. The molecule has 111 valence electrons. The lowest BCUT2D eigenvalue weighted by molar-refractivity contribution is -0.137. The van der Waals surface area contributed by atoms with Crippen molar-refractivity contribution in [1.82, 2.24) is 0 Å². The number of carboxylic acids is 1. The van der Waals surface area contributed by atoms with Crippen LogP contribution in [0.4, 0.5) is 0 Å². The Hall–Kier alpha value is -0.313. The van der Waals surface area contributed by atoms with Crippen molar-refractivity contribution in [2.24, 2.45) is 0 Å². The van der Waals surface area contributed by atoms with Gasteiger partial charge in [-0.05, 0) is 6.42 Å². The molecule has 3 radical (unpaired) electrons. The van der Waals surface area contributed by atoms with Gasteiger partial charge in [0.1, 0.15) is 0 Å². The molecule has 0 atom stereocenters. The summed E-state index contributed by atoms with van der Waals surface area (Å²) >= 11 is 0. The van der Waals surface area contributed by atoms with Crippen LogP contribution in [0.2, 0.25) is 6.04 Å². The first-order valence-corrected chi connectivity index (χ1v) is 8.84. The van der Waals surface area contributed by atoms with Gasteiger partial charge in [0.05, 0.1) is 0 Å². The van der Waals surface area contributed by atoms with Crippen LogP contribution >= 0.6 is 0 Å². The minimum Gasteiger partial charge on any atom is -0.481 e. The van der Waals surface area contributed by atoms with Gasteiger partial charge in [0, 0.05) is 16.7 Å². The molecule has 3 heteroatoms. The van der Waals surface area contributed by atoms with E-state index in [4.69, 9.17) is 5.11 Å². The number of hydrogen-bond donors (Lipinski definition) is 1. The number of hydrogen-bond acceptors (Lipinski definition) is 1. The molecule has 0 amide bonds. The summed E-state index contributed by atoms with van der Waals surface area (Å²) in [4.78, 5) is 10.3. The summed E-state index contributed by atoms with van der Waals surface area (Å²) in [6.45, 7) is 0. The molecule has 0 fully saturated rings. The molecule has 0 aromatic carbocycles. The van der Waals surface area contributed by atoms with Gasteiger partial charge in [-0.25, -0.2) is 0 Å². The van der Waals surface area contributed by atoms with E-state index in [1.807, 2.05) is 0 Å². The van der Waals surface area contributed by atoms with Crippen LogP contribution in [0.25, 0.3) is 0 Å². The highest BCUT2D eigenvalue weighted by atomic mass is 28.1. The van der Waals surface area contributed by atoms with Crippen molar-refractivity contribution in [1.29, 1.82) is 0 Å². The number of carboxylic acid groups (broad SMARTS) is 1. The molecule has 0 aromatic heterocycles. The molecular weight excluding hydrogens is 252 g/mol. The standard InChI is InChI=1S/C16H31O2Si/c17-16(18)14-12-10-8-6-4-2-1-3-5-7-9-11-13-15-19/h1-15H2,(H,17,18). The molecular formula is C16H31O2Si. The van der Waals surface area contributed by atoms with Crippen LogP contribution in [0.1, 0.15) is 89.9 Å². The first-order valence-electron chi connectivity index (χ1n) is 8.13. The van der Waals surface area contributed by atoms with Crippen LogP contribution in [0.3, 0.4) is 0 Å². The molecule has 0 saturated heterocycles. The average Bonchev–Trinajstić information content (AvgIpc) is 2.39. The Kier molecular flexibility index (Phi) is 15.5. The molecule has 1 N–H and O–H groups in total. The van der Waals surface area contributed by atoms with E-state index in [1.165, 1.54) is 70.6 Å². The number of carbonyl (C=O) groups is 1. The van der Waals surface area contributed by atoms with E-state index in [2.05, 4.69) is 10.2 Å². The van der Waals surface area contributed by atoms with Gasteiger partial charge in [-0.15, -0.1) is 0 Å². The topological polar surface area (TPSA) is 37.3 Å². The Morgan fingerprint density at radius 3 is 1.26 bits per heavy atom. The lowest BCUT2D eigenvalue weighted by Gasteiger charge is -2.02. The minimum absolute atomic E-state index is 0.342. The second-order valence-corrected chi connectivity index (χ2v) is 5.99. The third kappa shape index (κ3) is 17.7. The Balaban J connectivity index is 2.93. The van der Waals surface area contributed by atoms with Gasteiger partial charge in [-0.2, -0.15) is 0 Å². The molecule has 0 spiro atoms. The molecule has 0 aromatic rings. The van der Waals surface area contributed by atoms with Gasteiger partial charge in [-0.1, -0.05) is 83.1 Å². The second-order valence-electron chi connectivity index (χ2n) is 5.49. The Bertz CT molecular complexity index is 195. The van der Waals surface area contributed by atoms with E-state index < -0.39 is 5.97 Å². The quantitative estimate of drug-likeness (QED) is 0.334. The summed E-state index contributed by atoms with van der Waals surface area (Å²) in [6, 6.07) is 1.15. The third-order valence-electron chi connectivity index (χ3n) is 3.57. The predicted molar refractivity (Wildman–Crippen MR) is 82.8 cm³/mol. The van der Waals surface area contributed by atoms with Crippen molar-refractivity contribution in [3.63, 3.8) is 0 Å². The molecule has 2 nitrogen and oxygen atoms in total. The zero-order valence-corrected chi connectivity index (χ0v) is 13.5. The van der Waals surface area contributed by atoms with Gasteiger partial charge in [0.2, 0.25) is 0 Å². The number of rotatable bonds is 15. The smallest absolute Gasteiger partial charge is 0.303 e. The fourth-order valence-corrected chi connectivity index (χ4v) is 2.60. The van der Waals surface area contributed by atoms with Crippen LogP contribution in [0.5, 0.6) is 0 Å². The van der Waals surface area contributed by atoms with E-state index in [-0.39, 0.29) is 0 Å². The first-order chi connectivity index (χ1) is 9.27. The lowest BCUT2D eigenvalue weighted by atomic mass is 10.0. The summed E-state index contributed by atoms with van der Waals surface area (Å²) in [5.41, 5.74) is 0. The predicted octanol–water partition coefficient (Wildman–Crippen LogP) is 5.12.